The quantitative estimate of drug-likeness (QED) is 0.359. The molecule has 0 aliphatic heterocycles. The number of rotatable bonds is 3. The van der Waals surface area contributed by atoms with E-state index in [0.29, 0.717) is 6.61 Å². The van der Waals surface area contributed by atoms with Crippen LogP contribution in [0.15, 0.2) is 84.9 Å². The summed E-state index contributed by atoms with van der Waals surface area (Å²) in [4.78, 5) is 0. The van der Waals surface area contributed by atoms with E-state index in [2.05, 4.69) is 84.9 Å². The molecule has 5 rings (SSSR count). The Morgan fingerprint density at radius 2 is 1.21 bits per heavy atom. The maximum atomic E-state index is 5.61. The van der Waals surface area contributed by atoms with Crippen LogP contribution in [-0.4, -0.2) is 0 Å². The van der Waals surface area contributed by atoms with E-state index in [4.69, 9.17) is 3.32 Å². The van der Waals surface area contributed by atoms with Crippen molar-refractivity contribution in [1.29, 1.82) is 0 Å². The summed E-state index contributed by atoms with van der Waals surface area (Å²) in [5, 5.41) is 2.55. The van der Waals surface area contributed by atoms with Crippen LogP contribution >= 0.6 is 0 Å². The Kier molecular flexibility index (Phi) is 6.65. The van der Waals surface area contributed by atoms with E-state index < -0.39 is 0 Å². The summed E-state index contributed by atoms with van der Waals surface area (Å²) in [5.41, 5.74) is 8.13. The number of hydrogen-bond donors (Lipinski definition) is 0. The van der Waals surface area contributed by atoms with E-state index in [-0.39, 0.29) is 30.7 Å². The molecule has 4 heteroatoms. The van der Waals surface area contributed by atoms with Gasteiger partial charge < -0.3 is 24.8 Å². The summed E-state index contributed by atoms with van der Waals surface area (Å²) in [6, 6.07) is 30.7. The molecule has 28 heavy (non-hydrogen) atoms. The van der Waals surface area contributed by atoms with Gasteiger partial charge in [0.25, 0.3) is 0 Å². The van der Waals surface area contributed by atoms with E-state index in [1.54, 1.807) is 20.8 Å². The molecule has 137 valence electrons. The molecule has 0 spiro atoms. The minimum absolute atomic E-state index is 0. The molecule has 0 atom stereocenters. The van der Waals surface area contributed by atoms with Crippen molar-refractivity contribution in [3.63, 3.8) is 0 Å². The number of benzene rings is 4. The fraction of sp³-hybridized carbons (Fsp3) is 0.0833. The number of halogens is 2. The van der Waals surface area contributed by atoms with Crippen molar-refractivity contribution in [3.05, 3.63) is 107 Å². The van der Waals surface area contributed by atoms with Crippen LogP contribution in [-0.2, 0) is 30.7 Å². The van der Waals surface area contributed by atoms with Crippen LogP contribution in [0.1, 0.15) is 28.2 Å². The van der Waals surface area contributed by atoms with Crippen LogP contribution in [0.3, 0.4) is 0 Å². The van der Waals surface area contributed by atoms with Gasteiger partial charge in [0, 0.05) is 0 Å². The summed E-state index contributed by atoms with van der Waals surface area (Å²) in [6.07, 6.45) is 0. The molecular weight excluding hydrogens is 423 g/mol. The van der Waals surface area contributed by atoms with E-state index in [0.717, 1.165) is 0 Å². The van der Waals surface area contributed by atoms with Gasteiger partial charge in [-0.15, -0.1) is 0 Å². The molecule has 0 radical (unpaired) electrons. The third-order valence-electron chi connectivity index (χ3n) is 5.44. The Morgan fingerprint density at radius 3 is 1.86 bits per heavy atom. The molecule has 0 amide bonds. The maximum absolute atomic E-state index is 5.61. The van der Waals surface area contributed by atoms with Gasteiger partial charge in [0.15, 0.2) is 0 Å². The summed E-state index contributed by atoms with van der Waals surface area (Å²) >= 11 is 1.78. The zero-order valence-electron chi connectivity index (χ0n) is 15.0. The van der Waals surface area contributed by atoms with Crippen molar-refractivity contribution in [2.45, 2.75) is 12.5 Å². The minimum atomic E-state index is 0. The van der Waals surface area contributed by atoms with Crippen LogP contribution in [0.2, 0.25) is 0 Å². The molecule has 0 N–H and O–H groups in total. The third kappa shape index (κ3) is 3.32. The molecule has 4 aromatic rings. The molecule has 0 saturated carbocycles. The van der Waals surface area contributed by atoms with Gasteiger partial charge in [-0.1, -0.05) is 0 Å². The van der Waals surface area contributed by atoms with Gasteiger partial charge in [-0.3, -0.25) is 0 Å². The first kappa shape index (κ1) is 21.1. The van der Waals surface area contributed by atoms with Crippen molar-refractivity contribution in [3.8, 4) is 11.1 Å². The average Bonchev–Trinajstić information content (AvgIpc) is 3.03. The monoisotopic (exact) mass is 439 g/mol. The van der Waals surface area contributed by atoms with Gasteiger partial charge in [0.1, 0.15) is 0 Å². The first-order valence-corrected chi connectivity index (χ1v) is 9.49. The molecule has 1 aliphatic rings. The molecule has 0 fully saturated rings. The second-order valence-corrected chi connectivity index (χ2v) is 7.20. The van der Waals surface area contributed by atoms with Crippen molar-refractivity contribution >= 4 is 10.8 Å². The molecule has 0 aromatic heterocycles. The van der Waals surface area contributed by atoms with Crippen LogP contribution in [0.25, 0.3) is 21.9 Å². The molecule has 0 bridgehead atoms. The van der Waals surface area contributed by atoms with Gasteiger partial charge in [-0.25, -0.2) is 0 Å². The summed E-state index contributed by atoms with van der Waals surface area (Å²) in [6.45, 7) is 0.623. The van der Waals surface area contributed by atoms with Crippen LogP contribution in [0, 0.1) is 0 Å². The average molecular weight is 440 g/mol. The van der Waals surface area contributed by atoms with Crippen molar-refractivity contribution < 1.29 is 49.0 Å². The molecule has 4 aromatic carbocycles. The first-order chi connectivity index (χ1) is 12.9. The molecule has 1 nitrogen and oxygen atoms in total. The van der Waals surface area contributed by atoms with Crippen LogP contribution in [0.5, 0.6) is 0 Å². The van der Waals surface area contributed by atoms with Crippen molar-refractivity contribution in [2.75, 3.05) is 0 Å². The summed E-state index contributed by atoms with van der Waals surface area (Å²) in [5.74, 6) is 0.261. The van der Waals surface area contributed by atoms with E-state index in [1.165, 1.54) is 44.2 Å². The Bertz CT molecular complexity index is 1080. The number of fused-ring (bicyclic) bond motifs is 4. The Labute approximate surface area is 189 Å². The SMILES string of the molecule is [Cl-].[Cl-].[Ti+2][O]Cc1c(C2c3ccccc3-c3ccccc32)ccc2ccccc12. The van der Waals surface area contributed by atoms with Gasteiger partial charge in [0.05, 0.1) is 0 Å². The zero-order valence-corrected chi connectivity index (χ0v) is 18.1. The normalized spacial score (nSPS) is 12.1. The molecule has 0 unspecified atom stereocenters. The molecule has 1 aliphatic carbocycles. The second kappa shape index (κ2) is 8.82. The van der Waals surface area contributed by atoms with Crippen LogP contribution < -0.4 is 24.8 Å². The Hall–Kier alpha value is -1.61. The van der Waals surface area contributed by atoms with Gasteiger partial charge in [0.2, 0.25) is 0 Å². The third-order valence-corrected chi connectivity index (χ3v) is 5.66. The predicted octanol–water partition coefficient (Wildman–Crippen LogP) is -0.0132. The second-order valence-electron chi connectivity index (χ2n) is 6.75. The standard InChI is InChI=1S/C24H17O.2ClH.Ti/c25-15-23-17-8-2-1-7-16(17)13-14-22(23)24-20-11-5-3-9-18(20)19-10-4-6-12-21(19)24;;;/h1-14,24H,15H2;2*1H;/q-1;;;+3/p-2. The van der Waals surface area contributed by atoms with Crippen LogP contribution in [0.4, 0.5) is 0 Å². The predicted molar refractivity (Wildman–Crippen MR) is 102 cm³/mol. The first-order valence-electron chi connectivity index (χ1n) is 8.86. The van der Waals surface area contributed by atoms with Gasteiger partial charge >= 0.3 is 166 Å². The molecule has 0 saturated heterocycles. The Morgan fingerprint density at radius 1 is 0.643 bits per heavy atom. The summed E-state index contributed by atoms with van der Waals surface area (Å²) < 4.78 is 5.61. The van der Waals surface area contributed by atoms with Gasteiger partial charge in [-0.2, -0.15) is 0 Å². The van der Waals surface area contributed by atoms with E-state index in [1.807, 2.05) is 0 Å². The van der Waals surface area contributed by atoms with Crippen molar-refractivity contribution in [2.24, 2.45) is 0 Å². The fourth-order valence-corrected chi connectivity index (χ4v) is 4.57. The van der Waals surface area contributed by atoms with Gasteiger partial charge in [-0.05, 0) is 0 Å². The van der Waals surface area contributed by atoms with E-state index >= 15 is 0 Å². The molecular formula is C24H17Cl2OTi. The molecule has 0 heterocycles. The Balaban J connectivity index is 0.00000112. The van der Waals surface area contributed by atoms with Crippen molar-refractivity contribution in [1.82, 2.24) is 0 Å². The van der Waals surface area contributed by atoms with E-state index in [9.17, 15) is 0 Å². The summed E-state index contributed by atoms with van der Waals surface area (Å²) in [7, 11) is 0. The topological polar surface area (TPSA) is 9.23 Å². The fourth-order valence-electron chi connectivity index (χ4n) is 4.35. The zero-order chi connectivity index (χ0) is 17.5. The number of hydrogen-bond acceptors (Lipinski definition) is 1.